The fourth-order valence-corrected chi connectivity index (χ4v) is 2.79. The Labute approximate surface area is 127 Å². The van der Waals surface area contributed by atoms with E-state index in [2.05, 4.69) is 17.0 Å². The molecule has 102 valence electrons. The summed E-state index contributed by atoms with van der Waals surface area (Å²) in [4.78, 5) is 4.52. The lowest BCUT2D eigenvalue weighted by Gasteiger charge is -2.05. The quantitative estimate of drug-likeness (QED) is 0.693. The Bertz CT molecular complexity index is 776. The molecule has 5 heteroatoms. The summed E-state index contributed by atoms with van der Waals surface area (Å²) in [6.45, 7) is 4.01. The second-order valence-corrected chi connectivity index (χ2v) is 5.44. The maximum atomic E-state index is 6.46. The average molecular weight is 306 g/mol. The Morgan fingerprint density at radius 2 is 1.85 bits per heavy atom. The van der Waals surface area contributed by atoms with Crippen LogP contribution in [0.5, 0.6) is 0 Å². The highest BCUT2D eigenvalue weighted by Gasteiger charge is 2.15. The van der Waals surface area contributed by atoms with Gasteiger partial charge < -0.3 is 0 Å². The van der Waals surface area contributed by atoms with Gasteiger partial charge in [0.2, 0.25) is 0 Å². The van der Waals surface area contributed by atoms with Gasteiger partial charge in [0.15, 0.2) is 5.65 Å². The topological polar surface area (TPSA) is 30.7 Å². The highest BCUT2D eigenvalue weighted by molar-refractivity contribution is 6.36. The lowest BCUT2D eigenvalue weighted by Crippen LogP contribution is -1.98. The molecule has 0 atom stereocenters. The first-order chi connectivity index (χ1) is 9.61. The molecular formula is C15H13Cl2N3. The number of rotatable bonds is 2. The van der Waals surface area contributed by atoms with Crippen molar-refractivity contribution < 1.29 is 0 Å². The van der Waals surface area contributed by atoms with Crippen molar-refractivity contribution >= 4 is 34.2 Å². The van der Waals surface area contributed by atoms with E-state index in [9.17, 15) is 0 Å². The summed E-state index contributed by atoms with van der Waals surface area (Å²) in [6, 6.07) is 7.50. The molecule has 0 saturated heterocycles. The molecule has 0 bridgehead atoms. The van der Waals surface area contributed by atoms with Gasteiger partial charge in [0, 0.05) is 11.2 Å². The van der Waals surface area contributed by atoms with Gasteiger partial charge in [-0.05, 0) is 43.2 Å². The van der Waals surface area contributed by atoms with Gasteiger partial charge in [-0.2, -0.15) is 5.10 Å². The zero-order valence-electron chi connectivity index (χ0n) is 11.2. The molecule has 0 aliphatic heterocycles. The Morgan fingerprint density at radius 1 is 1.15 bits per heavy atom. The fourth-order valence-electron chi connectivity index (χ4n) is 2.26. The van der Waals surface area contributed by atoms with Crippen LogP contribution in [0, 0.1) is 6.92 Å². The summed E-state index contributed by atoms with van der Waals surface area (Å²) < 4.78 is 1.80. The van der Waals surface area contributed by atoms with E-state index in [1.807, 2.05) is 37.4 Å². The normalized spacial score (nSPS) is 11.2. The number of halogens is 2. The number of hydrogen-bond donors (Lipinski definition) is 0. The smallest absolute Gasteiger partial charge is 0.164 e. The second kappa shape index (κ2) is 5.08. The van der Waals surface area contributed by atoms with Crippen LogP contribution in [0.25, 0.3) is 16.7 Å². The van der Waals surface area contributed by atoms with E-state index in [0.29, 0.717) is 5.02 Å². The van der Waals surface area contributed by atoms with Gasteiger partial charge in [-0.1, -0.05) is 30.1 Å². The van der Waals surface area contributed by atoms with Gasteiger partial charge in [0.25, 0.3) is 0 Å². The zero-order valence-corrected chi connectivity index (χ0v) is 12.7. The summed E-state index contributed by atoms with van der Waals surface area (Å²) >= 11 is 12.4. The third-order valence-electron chi connectivity index (χ3n) is 3.33. The molecular weight excluding hydrogens is 293 g/mol. The van der Waals surface area contributed by atoms with Crippen molar-refractivity contribution in [3.8, 4) is 5.69 Å². The Morgan fingerprint density at radius 3 is 2.50 bits per heavy atom. The van der Waals surface area contributed by atoms with Gasteiger partial charge in [-0.15, -0.1) is 0 Å². The van der Waals surface area contributed by atoms with Gasteiger partial charge in [-0.3, -0.25) is 0 Å². The van der Waals surface area contributed by atoms with Crippen LogP contribution in [-0.4, -0.2) is 14.8 Å². The molecule has 0 radical (unpaired) electrons. The molecule has 3 rings (SSSR count). The summed E-state index contributed by atoms with van der Waals surface area (Å²) in [6.07, 6.45) is 2.67. The van der Waals surface area contributed by atoms with Gasteiger partial charge in [0.05, 0.1) is 21.8 Å². The molecule has 1 aromatic carbocycles. The summed E-state index contributed by atoms with van der Waals surface area (Å²) in [5.41, 5.74) is 3.60. The maximum absolute atomic E-state index is 6.46. The van der Waals surface area contributed by atoms with Crippen LogP contribution in [0.1, 0.15) is 18.2 Å². The number of fused-ring (bicyclic) bond motifs is 1. The van der Waals surface area contributed by atoms with Crippen molar-refractivity contribution in [2.24, 2.45) is 0 Å². The van der Waals surface area contributed by atoms with E-state index in [4.69, 9.17) is 23.2 Å². The van der Waals surface area contributed by atoms with E-state index >= 15 is 0 Å². The standard InChI is InChI=1S/C15H13Cl2N3/c1-3-10-8-18-15-13(14(10)17)9(2)19-20(15)12-6-4-11(16)5-7-12/h4-8H,3H2,1-2H3. The van der Waals surface area contributed by atoms with Crippen molar-refractivity contribution in [3.63, 3.8) is 0 Å². The van der Waals surface area contributed by atoms with Crippen LogP contribution >= 0.6 is 23.2 Å². The lowest BCUT2D eigenvalue weighted by molar-refractivity contribution is 0.877. The fraction of sp³-hybridized carbons (Fsp3) is 0.200. The Balaban J connectivity index is 2.28. The first-order valence-electron chi connectivity index (χ1n) is 6.40. The molecule has 0 aliphatic carbocycles. The average Bonchev–Trinajstić information content (AvgIpc) is 2.78. The number of pyridine rings is 1. The van der Waals surface area contributed by atoms with Crippen LogP contribution in [0.4, 0.5) is 0 Å². The summed E-state index contributed by atoms with van der Waals surface area (Å²) in [5, 5.41) is 6.91. The van der Waals surface area contributed by atoms with Gasteiger partial charge in [-0.25, -0.2) is 9.67 Å². The SMILES string of the molecule is CCc1cnc2c(c(C)nn2-c2ccc(Cl)cc2)c1Cl. The largest absolute Gasteiger partial charge is 0.236 e. The summed E-state index contributed by atoms with van der Waals surface area (Å²) in [5.74, 6) is 0. The number of aryl methyl sites for hydroxylation is 2. The van der Waals surface area contributed by atoms with Crippen LogP contribution in [0.3, 0.4) is 0 Å². The minimum atomic E-state index is 0.696. The molecule has 2 heterocycles. The molecule has 0 fully saturated rings. The highest BCUT2D eigenvalue weighted by Crippen LogP contribution is 2.30. The van der Waals surface area contributed by atoms with E-state index in [-0.39, 0.29) is 0 Å². The Kier molecular flexibility index (Phi) is 3.40. The molecule has 0 spiro atoms. The molecule has 3 aromatic rings. The van der Waals surface area contributed by atoms with E-state index in [1.54, 1.807) is 4.68 Å². The number of nitrogens with zero attached hydrogens (tertiary/aromatic N) is 3. The first-order valence-corrected chi connectivity index (χ1v) is 7.16. The van der Waals surface area contributed by atoms with Crippen molar-refractivity contribution in [1.82, 2.24) is 14.8 Å². The molecule has 3 nitrogen and oxygen atoms in total. The van der Waals surface area contributed by atoms with Gasteiger partial charge in [0.1, 0.15) is 0 Å². The van der Waals surface area contributed by atoms with Crippen LogP contribution in [0.2, 0.25) is 10.0 Å². The van der Waals surface area contributed by atoms with Crippen molar-refractivity contribution in [2.75, 3.05) is 0 Å². The zero-order chi connectivity index (χ0) is 14.3. The maximum Gasteiger partial charge on any atom is 0.164 e. The molecule has 0 saturated carbocycles. The van der Waals surface area contributed by atoms with Crippen LogP contribution in [0.15, 0.2) is 30.5 Å². The summed E-state index contributed by atoms with van der Waals surface area (Å²) in [7, 11) is 0. The van der Waals surface area contributed by atoms with Crippen molar-refractivity contribution in [2.45, 2.75) is 20.3 Å². The monoisotopic (exact) mass is 305 g/mol. The Hall–Kier alpha value is -1.58. The van der Waals surface area contributed by atoms with Crippen molar-refractivity contribution in [3.05, 3.63) is 51.8 Å². The molecule has 0 aliphatic rings. The first kappa shape index (κ1) is 13.4. The van der Waals surface area contributed by atoms with E-state index < -0.39 is 0 Å². The minimum absolute atomic E-state index is 0.696. The molecule has 0 unspecified atom stereocenters. The number of hydrogen-bond acceptors (Lipinski definition) is 2. The lowest BCUT2D eigenvalue weighted by atomic mass is 10.1. The molecule has 0 amide bonds. The second-order valence-electron chi connectivity index (χ2n) is 4.62. The predicted molar refractivity (Wildman–Crippen MR) is 83.0 cm³/mol. The van der Waals surface area contributed by atoms with E-state index in [1.165, 1.54) is 0 Å². The molecule has 20 heavy (non-hydrogen) atoms. The minimum Gasteiger partial charge on any atom is -0.236 e. The van der Waals surface area contributed by atoms with Gasteiger partial charge >= 0.3 is 0 Å². The number of benzene rings is 1. The number of aromatic nitrogens is 3. The molecule has 2 aromatic heterocycles. The third kappa shape index (κ3) is 2.07. The van der Waals surface area contributed by atoms with Crippen LogP contribution < -0.4 is 0 Å². The molecule has 0 N–H and O–H groups in total. The third-order valence-corrected chi connectivity index (χ3v) is 4.02. The van der Waals surface area contributed by atoms with Crippen LogP contribution in [-0.2, 0) is 6.42 Å². The van der Waals surface area contributed by atoms with E-state index in [0.717, 1.165) is 39.4 Å². The predicted octanol–water partition coefficient (Wildman–Crippen LogP) is 4.60. The highest BCUT2D eigenvalue weighted by atomic mass is 35.5. The van der Waals surface area contributed by atoms with Crippen molar-refractivity contribution in [1.29, 1.82) is 0 Å².